The first-order valence-electron chi connectivity index (χ1n) is 7.98. The summed E-state index contributed by atoms with van der Waals surface area (Å²) in [5.41, 5.74) is 2.73. The lowest BCUT2D eigenvalue weighted by Gasteiger charge is -2.32. The standard InChI is InChI=1S/C19H32O2/c1-8-14(12-20)13-21-16-11-9-10-15(18(2,3)4)17(16)19(5,6)7/h9-11,14,20H,8,12-13H2,1-7H3. The number of benzene rings is 1. The fourth-order valence-corrected chi connectivity index (χ4v) is 2.56. The zero-order chi connectivity index (χ0) is 16.3. The van der Waals surface area contributed by atoms with Crippen molar-refractivity contribution in [3.8, 4) is 5.75 Å². The predicted octanol–water partition coefficient (Wildman–Crippen LogP) is 4.68. The molecule has 21 heavy (non-hydrogen) atoms. The SMILES string of the molecule is CCC(CO)COc1cccc(C(C)(C)C)c1C(C)(C)C. The molecule has 2 heteroatoms. The van der Waals surface area contributed by atoms with E-state index >= 15 is 0 Å². The summed E-state index contributed by atoms with van der Waals surface area (Å²) < 4.78 is 6.08. The van der Waals surface area contributed by atoms with Crippen molar-refractivity contribution in [1.82, 2.24) is 0 Å². The summed E-state index contributed by atoms with van der Waals surface area (Å²) in [7, 11) is 0. The van der Waals surface area contributed by atoms with Crippen LogP contribution in [0.5, 0.6) is 5.75 Å². The summed E-state index contributed by atoms with van der Waals surface area (Å²) >= 11 is 0. The Hall–Kier alpha value is -1.02. The molecule has 0 spiro atoms. The van der Waals surface area contributed by atoms with Crippen LogP contribution < -0.4 is 4.74 Å². The molecule has 1 N–H and O–H groups in total. The molecule has 0 amide bonds. The highest BCUT2D eigenvalue weighted by molar-refractivity contribution is 5.47. The van der Waals surface area contributed by atoms with Crippen LogP contribution in [0.2, 0.25) is 0 Å². The predicted molar refractivity (Wildman–Crippen MR) is 90.2 cm³/mol. The molecule has 0 fully saturated rings. The Bertz CT molecular complexity index is 446. The first-order chi connectivity index (χ1) is 9.61. The van der Waals surface area contributed by atoms with Crippen LogP contribution in [0.25, 0.3) is 0 Å². The van der Waals surface area contributed by atoms with Crippen molar-refractivity contribution < 1.29 is 9.84 Å². The topological polar surface area (TPSA) is 29.5 Å². The average molecular weight is 292 g/mol. The Morgan fingerprint density at radius 3 is 2.10 bits per heavy atom. The van der Waals surface area contributed by atoms with Gasteiger partial charge in [-0.2, -0.15) is 0 Å². The molecule has 1 atom stereocenters. The number of aliphatic hydroxyl groups excluding tert-OH is 1. The maximum absolute atomic E-state index is 9.34. The average Bonchev–Trinajstić information content (AvgIpc) is 2.37. The van der Waals surface area contributed by atoms with Gasteiger partial charge in [0.05, 0.1) is 6.61 Å². The molecule has 2 nitrogen and oxygen atoms in total. The van der Waals surface area contributed by atoms with Gasteiger partial charge in [-0.25, -0.2) is 0 Å². The van der Waals surface area contributed by atoms with Gasteiger partial charge in [-0.3, -0.25) is 0 Å². The van der Waals surface area contributed by atoms with Crippen LogP contribution in [0.4, 0.5) is 0 Å². The van der Waals surface area contributed by atoms with Crippen LogP contribution in [0.1, 0.15) is 66.0 Å². The summed E-state index contributed by atoms with van der Waals surface area (Å²) in [6.07, 6.45) is 0.931. The number of hydrogen-bond acceptors (Lipinski definition) is 2. The van der Waals surface area contributed by atoms with Crippen molar-refractivity contribution in [3.05, 3.63) is 29.3 Å². The van der Waals surface area contributed by atoms with E-state index in [9.17, 15) is 5.11 Å². The monoisotopic (exact) mass is 292 g/mol. The maximum atomic E-state index is 9.34. The molecule has 0 aliphatic rings. The van der Waals surface area contributed by atoms with Gasteiger partial charge in [-0.1, -0.05) is 60.6 Å². The van der Waals surface area contributed by atoms with Crippen molar-refractivity contribution in [1.29, 1.82) is 0 Å². The lowest BCUT2D eigenvalue weighted by Crippen LogP contribution is -2.24. The molecule has 1 aromatic rings. The third-order valence-corrected chi connectivity index (χ3v) is 3.89. The molecule has 0 aliphatic heterocycles. The minimum Gasteiger partial charge on any atom is -0.493 e. The second kappa shape index (κ2) is 6.83. The van der Waals surface area contributed by atoms with Crippen LogP contribution in [0.3, 0.4) is 0 Å². The van der Waals surface area contributed by atoms with E-state index in [2.05, 4.69) is 66.7 Å². The maximum Gasteiger partial charge on any atom is 0.123 e. The second-order valence-corrected chi connectivity index (χ2v) is 7.95. The third-order valence-electron chi connectivity index (χ3n) is 3.89. The molecule has 0 aromatic heterocycles. The van der Waals surface area contributed by atoms with Gasteiger partial charge in [-0.05, 0) is 28.9 Å². The van der Waals surface area contributed by atoms with E-state index in [-0.39, 0.29) is 23.4 Å². The summed E-state index contributed by atoms with van der Waals surface area (Å²) in [5, 5.41) is 9.34. The number of hydrogen-bond donors (Lipinski definition) is 1. The van der Waals surface area contributed by atoms with Gasteiger partial charge < -0.3 is 9.84 Å². The van der Waals surface area contributed by atoms with Gasteiger partial charge in [0.25, 0.3) is 0 Å². The highest BCUT2D eigenvalue weighted by Gasteiger charge is 2.28. The van der Waals surface area contributed by atoms with E-state index in [1.807, 2.05) is 0 Å². The fourth-order valence-electron chi connectivity index (χ4n) is 2.56. The van der Waals surface area contributed by atoms with E-state index in [4.69, 9.17) is 4.74 Å². The molecule has 0 radical (unpaired) electrons. The quantitative estimate of drug-likeness (QED) is 0.854. The zero-order valence-corrected chi connectivity index (χ0v) is 14.8. The Morgan fingerprint density at radius 1 is 1.05 bits per heavy atom. The molecular weight excluding hydrogens is 260 g/mol. The van der Waals surface area contributed by atoms with Crippen LogP contribution in [-0.2, 0) is 10.8 Å². The molecule has 0 aliphatic carbocycles. The summed E-state index contributed by atoms with van der Waals surface area (Å²) in [4.78, 5) is 0. The minimum absolute atomic E-state index is 0.0279. The molecule has 0 saturated heterocycles. The fraction of sp³-hybridized carbons (Fsp3) is 0.684. The van der Waals surface area contributed by atoms with Gasteiger partial charge in [0.15, 0.2) is 0 Å². The highest BCUT2D eigenvalue weighted by atomic mass is 16.5. The second-order valence-electron chi connectivity index (χ2n) is 7.95. The van der Waals surface area contributed by atoms with E-state index < -0.39 is 0 Å². The van der Waals surface area contributed by atoms with Crippen LogP contribution in [0.15, 0.2) is 18.2 Å². The lowest BCUT2D eigenvalue weighted by molar-refractivity contribution is 0.158. The Labute approximate surface area is 130 Å². The largest absolute Gasteiger partial charge is 0.493 e. The molecule has 1 aromatic carbocycles. The Morgan fingerprint density at radius 2 is 1.67 bits per heavy atom. The smallest absolute Gasteiger partial charge is 0.123 e. The van der Waals surface area contributed by atoms with Crippen LogP contribution in [-0.4, -0.2) is 18.3 Å². The molecule has 1 rings (SSSR count). The van der Waals surface area contributed by atoms with Crippen molar-refractivity contribution in [2.24, 2.45) is 5.92 Å². The van der Waals surface area contributed by atoms with Crippen molar-refractivity contribution in [2.75, 3.05) is 13.2 Å². The minimum atomic E-state index is 0.0279. The van der Waals surface area contributed by atoms with Crippen LogP contribution in [0, 0.1) is 5.92 Å². The van der Waals surface area contributed by atoms with Gasteiger partial charge in [0.1, 0.15) is 5.75 Å². The van der Waals surface area contributed by atoms with Crippen molar-refractivity contribution >= 4 is 0 Å². The van der Waals surface area contributed by atoms with E-state index in [0.717, 1.165) is 12.2 Å². The Balaban J connectivity index is 3.20. The molecule has 0 bridgehead atoms. The van der Waals surface area contributed by atoms with Gasteiger partial charge in [0.2, 0.25) is 0 Å². The molecule has 0 heterocycles. The summed E-state index contributed by atoms with van der Waals surface area (Å²) in [6.45, 7) is 16.2. The molecule has 120 valence electrons. The third kappa shape index (κ3) is 4.74. The Kier molecular flexibility index (Phi) is 5.86. The van der Waals surface area contributed by atoms with Crippen molar-refractivity contribution in [2.45, 2.75) is 65.7 Å². The number of rotatable bonds is 5. The summed E-state index contributed by atoms with van der Waals surface area (Å²) in [6, 6.07) is 6.34. The highest BCUT2D eigenvalue weighted by Crippen LogP contribution is 2.39. The first kappa shape index (κ1) is 18.0. The summed E-state index contributed by atoms with van der Waals surface area (Å²) in [5.74, 6) is 1.16. The normalized spacial score (nSPS) is 14.1. The zero-order valence-electron chi connectivity index (χ0n) is 14.8. The van der Waals surface area contributed by atoms with Gasteiger partial charge >= 0.3 is 0 Å². The molecule has 0 saturated carbocycles. The van der Waals surface area contributed by atoms with E-state index in [0.29, 0.717) is 6.61 Å². The van der Waals surface area contributed by atoms with Gasteiger partial charge in [0, 0.05) is 18.1 Å². The number of aliphatic hydroxyl groups is 1. The van der Waals surface area contributed by atoms with Gasteiger partial charge in [-0.15, -0.1) is 0 Å². The molecular formula is C19H32O2. The van der Waals surface area contributed by atoms with Crippen LogP contribution >= 0.6 is 0 Å². The van der Waals surface area contributed by atoms with Crippen molar-refractivity contribution in [3.63, 3.8) is 0 Å². The molecule has 1 unspecified atom stereocenters. The number of ether oxygens (including phenoxy) is 1. The first-order valence-corrected chi connectivity index (χ1v) is 7.98. The van der Waals surface area contributed by atoms with E-state index in [1.165, 1.54) is 11.1 Å². The lowest BCUT2D eigenvalue weighted by atomic mass is 9.75. The van der Waals surface area contributed by atoms with E-state index in [1.54, 1.807) is 0 Å².